The quantitative estimate of drug-likeness (QED) is 0.632. The van der Waals surface area contributed by atoms with E-state index < -0.39 is 28.2 Å². The van der Waals surface area contributed by atoms with Crippen LogP contribution in [-0.2, 0) is 19.8 Å². The van der Waals surface area contributed by atoms with Crippen molar-refractivity contribution in [1.29, 1.82) is 5.26 Å². The first-order valence-corrected chi connectivity index (χ1v) is 13.5. The van der Waals surface area contributed by atoms with E-state index in [1.54, 1.807) is 30.9 Å². The third-order valence-electron chi connectivity index (χ3n) is 7.24. The molecule has 11 heteroatoms. The van der Waals surface area contributed by atoms with E-state index >= 15 is 0 Å². The van der Waals surface area contributed by atoms with E-state index in [0.717, 1.165) is 5.56 Å². The molecular formula is C24H32FN5O4S. The zero-order chi connectivity index (χ0) is 25.3. The maximum Gasteiger partial charge on any atom is 0.282 e. The molecule has 2 amide bonds. The number of carbonyl (C=O) groups is 2. The van der Waals surface area contributed by atoms with Crippen LogP contribution in [0.2, 0.25) is 0 Å². The number of likely N-dealkylation sites (tertiary alicyclic amines) is 1. The highest BCUT2D eigenvalue weighted by Crippen LogP contribution is 2.29. The summed E-state index contributed by atoms with van der Waals surface area (Å²) in [7, 11) is -3.71. The Bertz CT molecular complexity index is 1130. The van der Waals surface area contributed by atoms with Crippen LogP contribution in [0.5, 0.6) is 0 Å². The van der Waals surface area contributed by atoms with Crippen LogP contribution in [0.4, 0.5) is 4.39 Å². The Balaban J connectivity index is 1.39. The van der Waals surface area contributed by atoms with Crippen LogP contribution in [0.3, 0.4) is 0 Å². The Hall–Kier alpha value is -2.55. The van der Waals surface area contributed by atoms with Gasteiger partial charge in [-0.1, -0.05) is 12.1 Å². The van der Waals surface area contributed by atoms with Gasteiger partial charge in [-0.15, -0.1) is 0 Å². The van der Waals surface area contributed by atoms with Crippen LogP contribution in [0.1, 0.15) is 49.8 Å². The van der Waals surface area contributed by atoms with Crippen LogP contribution in [0.25, 0.3) is 0 Å². The van der Waals surface area contributed by atoms with Crippen molar-refractivity contribution in [2.45, 2.75) is 51.6 Å². The van der Waals surface area contributed by atoms with Gasteiger partial charge in [-0.05, 0) is 51.2 Å². The molecule has 4 rings (SSSR count). The lowest BCUT2D eigenvalue weighted by molar-refractivity contribution is -0.142. The van der Waals surface area contributed by atoms with Gasteiger partial charge in [-0.25, -0.2) is 4.39 Å². The summed E-state index contributed by atoms with van der Waals surface area (Å²) in [6.07, 6.45) is 2.30. The summed E-state index contributed by atoms with van der Waals surface area (Å²) in [6.45, 7) is 4.72. The summed E-state index contributed by atoms with van der Waals surface area (Å²) in [4.78, 5) is 28.0. The van der Waals surface area contributed by atoms with Crippen LogP contribution in [-0.4, -0.2) is 72.5 Å². The molecule has 1 aromatic carbocycles. The normalized spacial score (nSPS) is 25.0. The van der Waals surface area contributed by atoms with Crippen molar-refractivity contribution in [1.82, 2.24) is 18.8 Å². The highest BCUT2D eigenvalue weighted by atomic mass is 32.2. The molecule has 3 heterocycles. The number of halogens is 1. The maximum absolute atomic E-state index is 14.3. The van der Waals surface area contributed by atoms with Gasteiger partial charge >= 0.3 is 0 Å². The molecular weight excluding hydrogens is 473 g/mol. The van der Waals surface area contributed by atoms with Gasteiger partial charge in [-0.3, -0.25) is 9.59 Å². The van der Waals surface area contributed by atoms with Gasteiger partial charge in [-0.2, -0.15) is 22.3 Å². The van der Waals surface area contributed by atoms with Crippen LogP contribution in [0, 0.1) is 35.9 Å². The molecule has 0 saturated carbocycles. The van der Waals surface area contributed by atoms with Crippen LogP contribution >= 0.6 is 0 Å². The first kappa shape index (κ1) is 25.5. The van der Waals surface area contributed by atoms with E-state index in [-0.39, 0.29) is 43.2 Å². The number of aryl methyl sites for hydroxylation is 1. The molecule has 0 radical (unpaired) electrons. The number of hydrogen-bond acceptors (Lipinski definition) is 5. The van der Waals surface area contributed by atoms with E-state index in [1.807, 2.05) is 0 Å². The molecule has 3 aliphatic rings. The van der Waals surface area contributed by atoms with Crippen molar-refractivity contribution in [2.24, 2.45) is 11.8 Å². The van der Waals surface area contributed by atoms with Crippen molar-refractivity contribution >= 4 is 22.0 Å². The molecule has 3 atom stereocenters. The first-order valence-electron chi connectivity index (χ1n) is 12.1. The average Bonchev–Trinajstić information content (AvgIpc) is 3.28. The SMILES string of the molecule is Cc1ccc(C(C)NC(=O)[C@H]2CCCN2C(=O)[C@H]2CCCN(S(=O)(=O)N3CC(C#N)C3)C2)c(F)c1. The average molecular weight is 506 g/mol. The summed E-state index contributed by atoms with van der Waals surface area (Å²) in [5, 5.41) is 11.8. The second-order valence-electron chi connectivity index (χ2n) is 9.79. The van der Waals surface area contributed by atoms with E-state index in [0.29, 0.717) is 44.3 Å². The number of rotatable bonds is 6. The Kier molecular flexibility index (Phi) is 7.45. The predicted octanol–water partition coefficient (Wildman–Crippen LogP) is 1.71. The number of hydrogen-bond donors (Lipinski definition) is 1. The van der Waals surface area contributed by atoms with Crippen LogP contribution < -0.4 is 5.32 Å². The second-order valence-corrected chi connectivity index (χ2v) is 11.7. The summed E-state index contributed by atoms with van der Waals surface area (Å²) >= 11 is 0. The minimum absolute atomic E-state index is 0.0741. The number of carbonyl (C=O) groups excluding carboxylic acids is 2. The molecule has 35 heavy (non-hydrogen) atoms. The highest BCUT2D eigenvalue weighted by Gasteiger charge is 2.44. The van der Waals surface area contributed by atoms with Crippen molar-refractivity contribution in [3.8, 4) is 6.07 Å². The standard InChI is InChI=1S/C24H32FN5O4S/c1-16-7-8-20(21(25)11-16)17(2)27-23(31)22-6-4-10-30(22)24(32)19-5-3-9-28(15-19)35(33,34)29-13-18(12-26)14-29/h7-8,11,17-19,22H,3-6,9-10,13-15H2,1-2H3,(H,27,31)/t17?,19-,22+/m0/s1. The largest absolute Gasteiger partial charge is 0.348 e. The van der Waals surface area contributed by atoms with Gasteiger partial charge in [0.1, 0.15) is 11.9 Å². The maximum atomic E-state index is 14.3. The fraction of sp³-hybridized carbons (Fsp3) is 0.625. The summed E-state index contributed by atoms with van der Waals surface area (Å²) in [5.41, 5.74) is 1.18. The molecule has 0 bridgehead atoms. The molecule has 3 fully saturated rings. The van der Waals surface area contributed by atoms with E-state index in [1.165, 1.54) is 14.7 Å². The number of nitrogens with one attached hydrogen (secondary N) is 1. The van der Waals surface area contributed by atoms with Gasteiger partial charge in [0.15, 0.2) is 0 Å². The third kappa shape index (κ3) is 5.20. The number of nitriles is 1. The molecule has 0 aromatic heterocycles. The lowest BCUT2D eigenvalue weighted by atomic mass is 9.97. The number of piperidine rings is 1. The summed E-state index contributed by atoms with van der Waals surface area (Å²) in [6, 6.07) is 5.73. The van der Waals surface area contributed by atoms with E-state index in [9.17, 15) is 22.4 Å². The number of benzene rings is 1. The zero-order valence-electron chi connectivity index (χ0n) is 20.1. The van der Waals surface area contributed by atoms with Crippen molar-refractivity contribution in [2.75, 3.05) is 32.7 Å². The molecule has 3 saturated heterocycles. The highest BCUT2D eigenvalue weighted by molar-refractivity contribution is 7.86. The number of amides is 2. The molecule has 3 aliphatic heterocycles. The lowest BCUT2D eigenvalue weighted by Gasteiger charge is -2.41. The van der Waals surface area contributed by atoms with Crippen molar-refractivity contribution in [3.63, 3.8) is 0 Å². The Morgan fingerprint density at radius 1 is 1.14 bits per heavy atom. The molecule has 1 N–H and O–H groups in total. The number of nitrogens with zero attached hydrogens (tertiary/aromatic N) is 4. The molecule has 9 nitrogen and oxygen atoms in total. The van der Waals surface area contributed by atoms with Gasteiger partial charge in [0.25, 0.3) is 10.2 Å². The molecule has 1 aromatic rings. The minimum atomic E-state index is -3.71. The molecule has 190 valence electrons. The summed E-state index contributed by atoms with van der Waals surface area (Å²) < 4.78 is 42.8. The Labute approximate surface area is 206 Å². The zero-order valence-corrected chi connectivity index (χ0v) is 20.9. The molecule has 1 unspecified atom stereocenters. The van der Waals surface area contributed by atoms with Crippen molar-refractivity contribution < 1.29 is 22.4 Å². The fourth-order valence-electron chi connectivity index (χ4n) is 5.13. The summed E-state index contributed by atoms with van der Waals surface area (Å²) in [5.74, 6) is -1.73. The van der Waals surface area contributed by atoms with E-state index in [4.69, 9.17) is 5.26 Å². The topological polar surface area (TPSA) is 114 Å². The smallest absolute Gasteiger partial charge is 0.282 e. The Morgan fingerprint density at radius 2 is 1.86 bits per heavy atom. The van der Waals surface area contributed by atoms with E-state index in [2.05, 4.69) is 11.4 Å². The van der Waals surface area contributed by atoms with Crippen LogP contribution in [0.15, 0.2) is 18.2 Å². The monoisotopic (exact) mass is 505 g/mol. The van der Waals surface area contributed by atoms with Gasteiger partial charge in [0.05, 0.1) is 23.9 Å². The van der Waals surface area contributed by atoms with Gasteiger partial charge < -0.3 is 10.2 Å². The first-order chi connectivity index (χ1) is 16.6. The van der Waals surface area contributed by atoms with Gasteiger partial charge in [0.2, 0.25) is 11.8 Å². The van der Waals surface area contributed by atoms with Gasteiger partial charge in [0, 0.05) is 38.3 Å². The molecule has 0 spiro atoms. The predicted molar refractivity (Wildman–Crippen MR) is 126 cm³/mol. The lowest BCUT2D eigenvalue weighted by Crippen LogP contribution is -2.57. The fourth-order valence-corrected chi connectivity index (χ4v) is 6.92. The minimum Gasteiger partial charge on any atom is -0.348 e. The molecule has 0 aliphatic carbocycles. The third-order valence-corrected chi connectivity index (χ3v) is 9.17. The Morgan fingerprint density at radius 3 is 2.54 bits per heavy atom. The van der Waals surface area contributed by atoms with Crippen molar-refractivity contribution in [3.05, 3.63) is 35.1 Å². The second kappa shape index (κ2) is 10.2.